The standard InChI is InChI=1S/C26H27N7O2/c1-31-21-5-4-18(10-19(21)13-29-31)20-11-27-22(28-12-20)23-30-26(7-8-26)25(35)33(23)15-16-6-9-32(14-16)24(34)17-2-3-17/h4-5,10-13,16-17H,2-3,6-9,14-15H2,1H3/t16-/m1/s1. The van der Waals surface area contributed by atoms with Gasteiger partial charge in [0.15, 0.2) is 11.7 Å². The highest BCUT2D eigenvalue weighted by atomic mass is 16.2. The van der Waals surface area contributed by atoms with Gasteiger partial charge in [0.05, 0.1) is 11.7 Å². The summed E-state index contributed by atoms with van der Waals surface area (Å²) in [4.78, 5) is 43.6. The SMILES string of the molecule is Cn1ncc2cc(-c3cnc(C4=NC5(CC5)C(=O)N4C[C@@H]4CCN(C(=O)C5CC5)C4)nc3)ccc21. The zero-order valence-corrected chi connectivity index (χ0v) is 19.7. The molecule has 2 aromatic heterocycles. The number of nitrogens with zero attached hydrogens (tertiary/aromatic N) is 7. The molecule has 2 amide bonds. The van der Waals surface area contributed by atoms with E-state index in [-0.39, 0.29) is 23.7 Å². The Morgan fingerprint density at radius 2 is 1.89 bits per heavy atom. The van der Waals surface area contributed by atoms with Gasteiger partial charge in [-0.05, 0) is 55.7 Å². The number of amidine groups is 1. The largest absolute Gasteiger partial charge is 0.342 e. The number of rotatable bonds is 5. The van der Waals surface area contributed by atoms with Crippen LogP contribution in [-0.4, -0.2) is 72.4 Å². The molecular weight excluding hydrogens is 442 g/mol. The van der Waals surface area contributed by atoms with E-state index < -0.39 is 5.54 Å². The number of likely N-dealkylation sites (tertiary alicyclic amines) is 1. The first kappa shape index (κ1) is 20.7. The highest BCUT2D eigenvalue weighted by molar-refractivity contribution is 6.15. The number of carbonyl (C=O) groups is 2. The molecule has 2 aliphatic carbocycles. The first-order chi connectivity index (χ1) is 17.0. The molecule has 9 nitrogen and oxygen atoms in total. The van der Waals surface area contributed by atoms with E-state index in [1.165, 1.54) is 0 Å². The molecule has 2 saturated carbocycles. The van der Waals surface area contributed by atoms with Crippen LogP contribution in [0, 0.1) is 11.8 Å². The number of hydrogen-bond acceptors (Lipinski definition) is 6. The number of fused-ring (bicyclic) bond motifs is 1. The number of aryl methyl sites for hydroxylation is 1. The van der Waals surface area contributed by atoms with E-state index in [9.17, 15) is 9.59 Å². The van der Waals surface area contributed by atoms with Crippen molar-refractivity contribution >= 4 is 28.6 Å². The summed E-state index contributed by atoms with van der Waals surface area (Å²) >= 11 is 0. The molecule has 7 rings (SSSR count). The van der Waals surface area contributed by atoms with Gasteiger partial charge in [-0.3, -0.25) is 19.2 Å². The smallest absolute Gasteiger partial charge is 0.256 e. The quantitative estimate of drug-likeness (QED) is 0.572. The van der Waals surface area contributed by atoms with Crippen LogP contribution in [0.2, 0.25) is 0 Å². The van der Waals surface area contributed by atoms with E-state index in [2.05, 4.69) is 21.1 Å². The molecule has 1 spiro atoms. The second-order valence-electron chi connectivity index (χ2n) is 10.4. The lowest BCUT2D eigenvalue weighted by atomic mass is 10.1. The van der Waals surface area contributed by atoms with Crippen molar-refractivity contribution < 1.29 is 9.59 Å². The fraction of sp³-hybridized carbons (Fsp3) is 0.462. The average Bonchev–Trinajstić information content (AvgIpc) is 3.78. The van der Waals surface area contributed by atoms with Crippen molar-refractivity contribution in [1.82, 2.24) is 29.5 Å². The molecule has 1 aromatic carbocycles. The van der Waals surface area contributed by atoms with Gasteiger partial charge in [0.2, 0.25) is 5.91 Å². The van der Waals surface area contributed by atoms with Crippen LogP contribution >= 0.6 is 0 Å². The van der Waals surface area contributed by atoms with E-state index in [1.54, 1.807) is 17.3 Å². The molecule has 0 bridgehead atoms. The molecule has 1 atom stereocenters. The molecule has 0 unspecified atom stereocenters. The second kappa shape index (κ2) is 7.44. The van der Waals surface area contributed by atoms with Crippen LogP contribution in [-0.2, 0) is 16.6 Å². The Bertz CT molecular complexity index is 1380. The molecule has 0 N–H and O–H groups in total. The van der Waals surface area contributed by atoms with Gasteiger partial charge in [-0.15, -0.1) is 0 Å². The molecule has 1 saturated heterocycles. The predicted molar refractivity (Wildman–Crippen MR) is 129 cm³/mol. The van der Waals surface area contributed by atoms with Crippen LogP contribution in [0.25, 0.3) is 22.0 Å². The number of aromatic nitrogens is 4. The van der Waals surface area contributed by atoms with Crippen LogP contribution in [0.15, 0.2) is 41.8 Å². The summed E-state index contributed by atoms with van der Waals surface area (Å²) in [6.07, 6.45) is 9.98. The van der Waals surface area contributed by atoms with Crippen LogP contribution in [0.4, 0.5) is 0 Å². The lowest BCUT2D eigenvalue weighted by Crippen LogP contribution is -2.41. The summed E-state index contributed by atoms with van der Waals surface area (Å²) in [5, 5.41) is 5.37. The fourth-order valence-corrected chi connectivity index (χ4v) is 5.41. The lowest BCUT2D eigenvalue weighted by molar-refractivity contribution is -0.131. The average molecular weight is 470 g/mol. The highest BCUT2D eigenvalue weighted by Crippen LogP contribution is 2.46. The summed E-state index contributed by atoms with van der Waals surface area (Å²) in [6.45, 7) is 2.07. The summed E-state index contributed by atoms with van der Waals surface area (Å²) in [7, 11) is 1.93. The molecule has 35 heavy (non-hydrogen) atoms. The maximum absolute atomic E-state index is 13.3. The summed E-state index contributed by atoms with van der Waals surface area (Å²) in [5.74, 6) is 1.90. The fourth-order valence-electron chi connectivity index (χ4n) is 5.41. The van der Waals surface area contributed by atoms with E-state index in [0.29, 0.717) is 18.2 Å². The van der Waals surface area contributed by atoms with Crippen molar-refractivity contribution in [3.63, 3.8) is 0 Å². The van der Waals surface area contributed by atoms with Gasteiger partial charge in [-0.2, -0.15) is 5.10 Å². The third-order valence-electron chi connectivity index (χ3n) is 7.84. The van der Waals surface area contributed by atoms with Crippen molar-refractivity contribution in [2.75, 3.05) is 19.6 Å². The summed E-state index contributed by atoms with van der Waals surface area (Å²) in [6, 6.07) is 6.17. The summed E-state index contributed by atoms with van der Waals surface area (Å²) < 4.78 is 1.85. The first-order valence-corrected chi connectivity index (χ1v) is 12.5. The van der Waals surface area contributed by atoms with Gasteiger partial charge in [0.25, 0.3) is 5.91 Å². The Morgan fingerprint density at radius 3 is 2.63 bits per heavy atom. The molecule has 3 fully saturated rings. The Kier molecular flexibility index (Phi) is 4.40. The Hall–Kier alpha value is -3.62. The minimum atomic E-state index is -0.606. The highest BCUT2D eigenvalue weighted by Gasteiger charge is 2.58. The van der Waals surface area contributed by atoms with Gasteiger partial charge in [-0.25, -0.2) is 15.0 Å². The molecule has 4 heterocycles. The topological polar surface area (TPSA) is 96.6 Å². The van der Waals surface area contributed by atoms with Crippen LogP contribution in [0.5, 0.6) is 0 Å². The minimum absolute atomic E-state index is 0.0641. The van der Waals surface area contributed by atoms with E-state index in [1.807, 2.05) is 35.0 Å². The Labute approximate surface area is 202 Å². The molecule has 9 heteroatoms. The molecule has 0 radical (unpaired) electrons. The third kappa shape index (κ3) is 3.44. The molecule has 3 aromatic rings. The second-order valence-corrected chi connectivity index (χ2v) is 10.4. The number of amides is 2. The van der Waals surface area contributed by atoms with Crippen LogP contribution in [0.3, 0.4) is 0 Å². The molecule has 4 aliphatic rings. The lowest BCUT2D eigenvalue weighted by Gasteiger charge is -2.23. The number of aliphatic imine (C=N–C) groups is 1. The zero-order chi connectivity index (χ0) is 23.7. The van der Waals surface area contributed by atoms with E-state index >= 15 is 0 Å². The molecule has 2 aliphatic heterocycles. The van der Waals surface area contributed by atoms with Crippen molar-refractivity contribution in [2.45, 2.75) is 37.6 Å². The maximum atomic E-state index is 13.3. The van der Waals surface area contributed by atoms with E-state index in [0.717, 1.165) is 67.2 Å². The van der Waals surface area contributed by atoms with Crippen molar-refractivity contribution in [2.24, 2.45) is 23.9 Å². The number of hydrogen-bond donors (Lipinski definition) is 0. The van der Waals surface area contributed by atoms with Gasteiger partial charge >= 0.3 is 0 Å². The van der Waals surface area contributed by atoms with Crippen molar-refractivity contribution in [3.05, 3.63) is 42.6 Å². The zero-order valence-electron chi connectivity index (χ0n) is 19.7. The molecular formula is C26H27N7O2. The van der Waals surface area contributed by atoms with Crippen LogP contribution < -0.4 is 0 Å². The van der Waals surface area contributed by atoms with Gasteiger partial charge in [0.1, 0.15) is 5.54 Å². The van der Waals surface area contributed by atoms with Crippen molar-refractivity contribution in [3.8, 4) is 11.1 Å². The van der Waals surface area contributed by atoms with Gasteiger partial charge < -0.3 is 4.90 Å². The maximum Gasteiger partial charge on any atom is 0.256 e. The van der Waals surface area contributed by atoms with E-state index in [4.69, 9.17) is 4.99 Å². The predicted octanol–water partition coefficient (Wildman–Crippen LogP) is 2.41. The van der Waals surface area contributed by atoms with Crippen LogP contribution in [0.1, 0.15) is 37.9 Å². The minimum Gasteiger partial charge on any atom is -0.342 e. The third-order valence-corrected chi connectivity index (χ3v) is 7.84. The normalized spacial score (nSPS) is 22.9. The Balaban J connectivity index is 1.12. The summed E-state index contributed by atoms with van der Waals surface area (Å²) in [5.41, 5.74) is 2.38. The van der Waals surface area contributed by atoms with Gasteiger partial charge in [0, 0.05) is 55.9 Å². The molecule has 178 valence electrons. The monoisotopic (exact) mass is 469 g/mol. The number of carbonyl (C=O) groups excluding carboxylic acids is 2. The van der Waals surface area contributed by atoms with Crippen molar-refractivity contribution in [1.29, 1.82) is 0 Å². The first-order valence-electron chi connectivity index (χ1n) is 12.5. The van der Waals surface area contributed by atoms with Gasteiger partial charge in [-0.1, -0.05) is 6.07 Å². The Morgan fingerprint density at radius 1 is 1.09 bits per heavy atom. The number of benzene rings is 1.